The quantitative estimate of drug-likeness (QED) is 0.877. The normalized spacial score (nSPS) is 19.7. The molecule has 88 valence electrons. The summed E-state index contributed by atoms with van der Waals surface area (Å²) in [6.07, 6.45) is 2.04. The Morgan fingerprint density at radius 1 is 1.38 bits per heavy atom. The van der Waals surface area contributed by atoms with Crippen molar-refractivity contribution in [3.63, 3.8) is 0 Å². The Morgan fingerprint density at radius 3 is 2.75 bits per heavy atom. The molecule has 1 aliphatic rings. The van der Waals surface area contributed by atoms with Gasteiger partial charge in [0.25, 0.3) is 0 Å². The summed E-state index contributed by atoms with van der Waals surface area (Å²) in [5.41, 5.74) is 6.78. The minimum absolute atomic E-state index is 0.195. The summed E-state index contributed by atoms with van der Waals surface area (Å²) >= 11 is 3.35. The molecule has 1 aliphatic heterocycles. The minimum atomic E-state index is -0.200. The molecule has 1 atom stereocenters. The fourth-order valence-electron chi connectivity index (χ4n) is 2.23. The van der Waals surface area contributed by atoms with Gasteiger partial charge >= 0.3 is 0 Å². The van der Waals surface area contributed by atoms with Crippen LogP contribution in [0.1, 0.15) is 24.4 Å². The number of halogens is 2. The number of nitrogens with two attached hydrogens (primary N) is 1. The Morgan fingerprint density at radius 2 is 2.06 bits per heavy atom. The molecule has 3 N–H and O–H groups in total. The molecule has 0 aliphatic carbocycles. The molecular weight excluding hydrogens is 271 g/mol. The van der Waals surface area contributed by atoms with E-state index >= 15 is 0 Å². The third kappa shape index (κ3) is 2.62. The fraction of sp³-hybridized carbons (Fsp3) is 0.500. The molecule has 0 spiro atoms. The predicted molar refractivity (Wildman–Crippen MR) is 66.6 cm³/mol. The molecule has 1 aromatic carbocycles. The lowest BCUT2D eigenvalue weighted by Gasteiger charge is -2.28. The van der Waals surface area contributed by atoms with Crippen molar-refractivity contribution in [1.29, 1.82) is 0 Å². The molecule has 1 fully saturated rings. The van der Waals surface area contributed by atoms with Gasteiger partial charge in [0.1, 0.15) is 5.82 Å². The lowest BCUT2D eigenvalue weighted by Crippen LogP contribution is -2.34. The molecule has 0 amide bonds. The average Bonchev–Trinajstić information content (AvgIpc) is 2.32. The number of hydrogen-bond donors (Lipinski definition) is 2. The highest BCUT2D eigenvalue weighted by Gasteiger charge is 2.23. The lowest BCUT2D eigenvalue weighted by atomic mass is 9.86. The van der Waals surface area contributed by atoms with Gasteiger partial charge in [0.15, 0.2) is 0 Å². The van der Waals surface area contributed by atoms with E-state index < -0.39 is 0 Å². The van der Waals surface area contributed by atoms with Crippen LogP contribution in [0.3, 0.4) is 0 Å². The Bertz CT molecular complexity index is 364. The molecule has 0 saturated carbocycles. The molecule has 0 aromatic heterocycles. The first-order valence-electron chi connectivity index (χ1n) is 5.59. The van der Waals surface area contributed by atoms with Crippen LogP contribution < -0.4 is 11.1 Å². The van der Waals surface area contributed by atoms with Crippen molar-refractivity contribution in [2.24, 2.45) is 11.7 Å². The molecule has 2 rings (SSSR count). The van der Waals surface area contributed by atoms with E-state index in [0.29, 0.717) is 11.5 Å². The summed E-state index contributed by atoms with van der Waals surface area (Å²) in [7, 11) is 0. The zero-order chi connectivity index (χ0) is 11.5. The zero-order valence-corrected chi connectivity index (χ0v) is 10.6. The minimum Gasteiger partial charge on any atom is -0.324 e. The molecule has 0 bridgehead atoms. The molecule has 1 heterocycles. The monoisotopic (exact) mass is 286 g/mol. The van der Waals surface area contributed by atoms with Crippen molar-refractivity contribution in [3.05, 3.63) is 34.1 Å². The number of benzene rings is 1. The van der Waals surface area contributed by atoms with Crippen molar-refractivity contribution in [2.45, 2.75) is 18.9 Å². The van der Waals surface area contributed by atoms with Gasteiger partial charge in [-0.25, -0.2) is 4.39 Å². The summed E-state index contributed by atoms with van der Waals surface area (Å²) in [6, 6.07) is 4.77. The van der Waals surface area contributed by atoms with Crippen LogP contribution in [0.4, 0.5) is 4.39 Å². The van der Waals surface area contributed by atoms with Crippen LogP contribution in [0.15, 0.2) is 22.7 Å². The topological polar surface area (TPSA) is 38.0 Å². The maximum absolute atomic E-state index is 13.7. The van der Waals surface area contributed by atoms with E-state index in [9.17, 15) is 4.39 Å². The van der Waals surface area contributed by atoms with Gasteiger partial charge in [-0.1, -0.05) is 15.9 Å². The maximum atomic E-state index is 13.7. The van der Waals surface area contributed by atoms with Gasteiger partial charge < -0.3 is 11.1 Å². The first-order valence-corrected chi connectivity index (χ1v) is 6.39. The Hall–Kier alpha value is -0.450. The molecule has 1 aromatic rings. The first-order chi connectivity index (χ1) is 7.68. The van der Waals surface area contributed by atoms with Crippen molar-refractivity contribution in [3.8, 4) is 0 Å². The van der Waals surface area contributed by atoms with Gasteiger partial charge in [-0.3, -0.25) is 0 Å². The van der Waals surface area contributed by atoms with Gasteiger partial charge in [0, 0.05) is 16.1 Å². The molecule has 2 nitrogen and oxygen atoms in total. The standard InChI is InChI=1S/C12H16BrFN2/c13-9-1-2-11(14)10(7-9)12(15)8-3-5-16-6-4-8/h1-2,7-8,12,16H,3-6,15H2. The number of piperidine rings is 1. The van der Waals surface area contributed by atoms with Crippen LogP contribution in [0, 0.1) is 11.7 Å². The molecule has 4 heteroatoms. The van der Waals surface area contributed by atoms with E-state index in [0.717, 1.165) is 30.4 Å². The molecule has 0 radical (unpaired) electrons. The third-order valence-corrected chi connectivity index (χ3v) is 3.70. The Kier molecular flexibility index (Phi) is 3.95. The average molecular weight is 287 g/mol. The summed E-state index contributed by atoms with van der Waals surface area (Å²) in [6.45, 7) is 1.96. The third-order valence-electron chi connectivity index (χ3n) is 3.21. The molecule has 1 saturated heterocycles. The molecule has 1 unspecified atom stereocenters. The van der Waals surface area contributed by atoms with E-state index in [1.807, 2.05) is 0 Å². The molecule has 16 heavy (non-hydrogen) atoms. The van der Waals surface area contributed by atoms with E-state index in [-0.39, 0.29) is 11.9 Å². The highest BCUT2D eigenvalue weighted by Crippen LogP contribution is 2.29. The van der Waals surface area contributed by atoms with Crippen LogP contribution in [0.5, 0.6) is 0 Å². The number of hydrogen-bond acceptors (Lipinski definition) is 2. The van der Waals surface area contributed by atoms with E-state index in [1.165, 1.54) is 6.07 Å². The van der Waals surface area contributed by atoms with Crippen LogP contribution in [-0.4, -0.2) is 13.1 Å². The molecular formula is C12H16BrFN2. The van der Waals surface area contributed by atoms with E-state index in [4.69, 9.17) is 5.73 Å². The fourth-order valence-corrected chi connectivity index (χ4v) is 2.61. The van der Waals surface area contributed by atoms with E-state index in [1.54, 1.807) is 12.1 Å². The maximum Gasteiger partial charge on any atom is 0.128 e. The number of rotatable bonds is 2. The largest absolute Gasteiger partial charge is 0.324 e. The van der Waals surface area contributed by atoms with E-state index in [2.05, 4.69) is 21.2 Å². The first kappa shape index (κ1) is 12.0. The summed E-state index contributed by atoms with van der Waals surface area (Å²) < 4.78 is 14.5. The highest BCUT2D eigenvalue weighted by atomic mass is 79.9. The summed E-state index contributed by atoms with van der Waals surface area (Å²) in [5, 5.41) is 3.29. The van der Waals surface area contributed by atoms with Crippen molar-refractivity contribution < 1.29 is 4.39 Å². The second kappa shape index (κ2) is 5.25. The Balaban J connectivity index is 2.18. The second-order valence-electron chi connectivity index (χ2n) is 4.28. The predicted octanol–water partition coefficient (Wildman–Crippen LogP) is 2.59. The van der Waals surface area contributed by atoms with Gasteiger partial charge in [0.2, 0.25) is 0 Å². The Labute approximate surface area is 104 Å². The SMILES string of the molecule is NC(c1cc(Br)ccc1F)C1CCNCC1. The van der Waals surface area contributed by atoms with Crippen LogP contribution in [0.2, 0.25) is 0 Å². The lowest BCUT2D eigenvalue weighted by molar-refractivity contribution is 0.317. The smallest absolute Gasteiger partial charge is 0.128 e. The zero-order valence-electron chi connectivity index (χ0n) is 9.05. The van der Waals surface area contributed by atoms with Gasteiger partial charge in [0.05, 0.1) is 0 Å². The van der Waals surface area contributed by atoms with Crippen LogP contribution in [0.25, 0.3) is 0 Å². The second-order valence-corrected chi connectivity index (χ2v) is 5.19. The summed E-state index contributed by atoms with van der Waals surface area (Å²) in [5.74, 6) is 0.180. The number of nitrogens with one attached hydrogen (secondary N) is 1. The highest BCUT2D eigenvalue weighted by molar-refractivity contribution is 9.10. The van der Waals surface area contributed by atoms with Crippen molar-refractivity contribution >= 4 is 15.9 Å². The summed E-state index contributed by atoms with van der Waals surface area (Å²) in [4.78, 5) is 0. The van der Waals surface area contributed by atoms with Gasteiger partial charge in [-0.2, -0.15) is 0 Å². The van der Waals surface area contributed by atoms with Gasteiger partial charge in [-0.15, -0.1) is 0 Å². The van der Waals surface area contributed by atoms with Crippen molar-refractivity contribution in [2.75, 3.05) is 13.1 Å². The van der Waals surface area contributed by atoms with Crippen LogP contribution >= 0.6 is 15.9 Å². The van der Waals surface area contributed by atoms with Crippen molar-refractivity contribution in [1.82, 2.24) is 5.32 Å². The van der Waals surface area contributed by atoms with Gasteiger partial charge in [-0.05, 0) is 50.0 Å². The van der Waals surface area contributed by atoms with Crippen LogP contribution in [-0.2, 0) is 0 Å².